The topological polar surface area (TPSA) is 76.8 Å². The first-order valence-corrected chi connectivity index (χ1v) is 8.93. The van der Waals surface area contributed by atoms with Gasteiger partial charge in [0.25, 0.3) is 0 Å². The summed E-state index contributed by atoms with van der Waals surface area (Å²) in [7, 11) is -2.10. The maximum atomic E-state index is 12.0. The molecule has 0 aliphatic heterocycles. The van der Waals surface area contributed by atoms with Gasteiger partial charge in [0.2, 0.25) is 10.0 Å². The molecule has 1 heterocycles. The van der Waals surface area contributed by atoms with E-state index in [1.54, 1.807) is 24.3 Å². The van der Waals surface area contributed by atoms with Crippen molar-refractivity contribution in [3.63, 3.8) is 0 Å². The first-order chi connectivity index (χ1) is 11.4. The van der Waals surface area contributed by atoms with Gasteiger partial charge in [0, 0.05) is 19.2 Å². The van der Waals surface area contributed by atoms with Gasteiger partial charge in [-0.25, -0.2) is 8.42 Å². The van der Waals surface area contributed by atoms with Crippen LogP contribution in [0.5, 0.6) is 11.5 Å². The fourth-order valence-electron chi connectivity index (χ4n) is 2.22. The van der Waals surface area contributed by atoms with Crippen LogP contribution in [0.15, 0.2) is 64.0 Å². The van der Waals surface area contributed by atoms with Crippen molar-refractivity contribution in [3.05, 3.63) is 65.0 Å². The van der Waals surface area contributed by atoms with Crippen LogP contribution in [0.2, 0.25) is 0 Å². The zero-order chi connectivity index (χ0) is 17.3. The van der Waals surface area contributed by atoms with Crippen LogP contribution >= 0.6 is 0 Å². The van der Waals surface area contributed by atoms with Crippen LogP contribution in [0.1, 0.15) is 0 Å². The van der Waals surface area contributed by atoms with Crippen molar-refractivity contribution >= 4 is 26.7 Å². The Morgan fingerprint density at radius 2 is 1.79 bits per heavy atom. The van der Waals surface area contributed by atoms with Gasteiger partial charge in [-0.1, -0.05) is 18.2 Å². The van der Waals surface area contributed by atoms with Crippen LogP contribution < -0.4 is 14.5 Å². The molecule has 0 unspecified atom stereocenters. The monoisotopic (exact) mass is 345 g/mol. The molecule has 3 rings (SSSR count). The van der Waals surface area contributed by atoms with Crippen LogP contribution in [0.25, 0.3) is 11.0 Å². The minimum Gasteiger partial charge on any atom is -0.464 e. The number of benzene rings is 2. The highest BCUT2D eigenvalue weighted by Crippen LogP contribution is 2.35. The highest BCUT2D eigenvalue weighted by molar-refractivity contribution is 7.92. The van der Waals surface area contributed by atoms with Crippen LogP contribution in [0.3, 0.4) is 0 Å². The molecule has 0 amide bonds. The fraction of sp³-hybridized carbons (Fsp3) is 0.118. The van der Waals surface area contributed by atoms with E-state index in [1.165, 1.54) is 31.5 Å². The number of hydrogen-bond donors (Lipinski definition) is 0. The molecule has 0 fully saturated rings. The first kappa shape index (κ1) is 16.1. The SMILES string of the molecule is CN(c1cc2occc(=O)c2cc1Oc1ccccc1)S(C)(=O)=O. The Labute approximate surface area is 139 Å². The number of nitrogens with zero attached hydrogens (tertiary/aromatic N) is 1. The highest BCUT2D eigenvalue weighted by Gasteiger charge is 2.19. The molecule has 0 radical (unpaired) electrons. The lowest BCUT2D eigenvalue weighted by Gasteiger charge is -2.20. The smallest absolute Gasteiger partial charge is 0.232 e. The zero-order valence-electron chi connectivity index (χ0n) is 13.1. The molecule has 0 aliphatic carbocycles. The molecule has 2 aromatic carbocycles. The molecule has 1 aromatic heterocycles. The van der Waals surface area contributed by atoms with E-state index in [0.29, 0.717) is 11.1 Å². The van der Waals surface area contributed by atoms with Gasteiger partial charge in [-0.05, 0) is 18.2 Å². The molecule has 0 aliphatic rings. The van der Waals surface area contributed by atoms with Crippen molar-refractivity contribution in [3.8, 4) is 11.5 Å². The van der Waals surface area contributed by atoms with E-state index in [9.17, 15) is 13.2 Å². The lowest BCUT2D eigenvalue weighted by atomic mass is 10.2. The maximum absolute atomic E-state index is 12.0. The minimum absolute atomic E-state index is 0.234. The van der Waals surface area contributed by atoms with Gasteiger partial charge in [-0.2, -0.15) is 0 Å². The molecule has 0 N–H and O–H groups in total. The first-order valence-electron chi connectivity index (χ1n) is 7.08. The van der Waals surface area contributed by atoms with E-state index < -0.39 is 10.0 Å². The molecule has 0 bridgehead atoms. The average molecular weight is 345 g/mol. The molecular formula is C17H15NO5S. The lowest BCUT2D eigenvalue weighted by Crippen LogP contribution is -2.25. The second kappa shape index (κ2) is 6.01. The summed E-state index contributed by atoms with van der Waals surface area (Å²) >= 11 is 0. The predicted molar refractivity (Wildman–Crippen MR) is 92.2 cm³/mol. The molecular weight excluding hydrogens is 330 g/mol. The molecule has 0 atom stereocenters. The van der Waals surface area contributed by atoms with E-state index in [0.717, 1.165) is 10.6 Å². The number of rotatable bonds is 4. The number of anilines is 1. The summed E-state index contributed by atoms with van der Waals surface area (Å²) in [6, 6.07) is 13.2. The second-order valence-corrected chi connectivity index (χ2v) is 7.26. The average Bonchev–Trinajstić information content (AvgIpc) is 2.54. The van der Waals surface area contributed by atoms with E-state index in [4.69, 9.17) is 9.15 Å². The Bertz CT molecular complexity index is 1040. The van der Waals surface area contributed by atoms with Gasteiger partial charge < -0.3 is 9.15 Å². The molecule has 0 saturated carbocycles. The molecule has 3 aromatic rings. The summed E-state index contributed by atoms with van der Waals surface area (Å²) in [4.78, 5) is 12.0. The number of ether oxygens (including phenoxy) is 1. The maximum Gasteiger partial charge on any atom is 0.232 e. The summed E-state index contributed by atoms with van der Waals surface area (Å²) in [6.45, 7) is 0. The van der Waals surface area contributed by atoms with Gasteiger partial charge in [0.15, 0.2) is 11.2 Å². The minimum atomic E-state index is -3.52. The zero-order valence-corrected chi connectivity index (χ0v) is 13.9. The Hall–Kier alpha value is -2.80. The number of sulfonamides is 1. The van der Waals surface area contributed by atoms with Gasteiger partial charge in [-0.15, -0.1) is 0 Å². The van der Waals surface area contributed by atoms with E-state index >= 15 is 0 Å². The van der Waals surface area contributed by atoms with Gasteiger partial charge in [0.05, 0.1) is 23.6 Å². The summed E-state index contributed by atoms with van der Waals surface area (Å²) < 4.78 is 36.0. The third-order valence-electron chi connectivity index (χ3n) is 3.55. The second-order valence-electron chi connectivity index (χ2n) is 5.25. The lowest BCUT2D eigenvalue weighted by molar-refractivity contribution is 0.483. The number of hydrogen-bond acceptors (Lipinski definition) is 5. The van der Waals surface area contributed by atoms with Crippen LogP contribution in [0, 0.1) is 0 Å². The van der Waals surface area contributed by atoms with Crippen LogP contribution in [-0.2, 0) is 10.0 Å². The summed E-state index contributed by atoms with van der Waals surface area (Å²) in [6.07, 6.45) is 2.36. The van der Waals surface area contributed by atoms with Crippen molar-refractivity contribution in [2.24, 2.45) is 0 Å². The van der Waals surface area contributed by atoms with Crippen LogP contribution in [0.4, 0.5) is 5.69 Å². The third kappa shape index (κ3) is 3.11. The summed E-state index contributed by atoms with van der Waals surface area (Å²) in [5.41, 5.74) is 0.333. The molecule has 124 valence electrons. The number of para-hydroxylation sites is 1. The normalized spacial score (nSPS) is 11.4. The molecule has 0 spiro atoms. The van der Waals surface area contributed by atoms with Gasteiger partial charge >= 0.3 is 0 Å². The van der Waals surface area contributed by atoms with Crippen molar-refractivity contribution in [2.75, 3.05) is 17.6 Å². The van der Waals surface area contributed by atoms with Gasteiger partial charge in [-0.3, -0.25) is 9.10 Å². The molecule has 7 heteroatoms. The van der Waals surface area contributed by atoms with E-state index in [2.05, 4.69) is 0 Å². The highest BCUT2D eigenvalue weighted by atomic mass is 32.2. The van der Waals surface area contributed by atoms with Crippen molar-refractivity contribution in [2.45, 2.75) is 0 Å². The number of fused-ring (bicyclic) bond motifs is 1. The molecule has 6 nitrogen and oxygen atoms in total. The Kier molecular flexibility index (Phi) is 4.02. The standard InChI is InChI=1S/C17H15NO5S/c1-18(24(2,20)21)14-11-16-13(15(19)8-9-22-16)10-17(14)23-12-6-4-3-5-7-12/h3-11H,1-2H3. The Morgan fingerprint density at radius 1 is 1.08 bits per heavy atom. The fourth-order valence-corrected chi connectivity index (χ4v) is 2.72. The largest absolute Gasteiger partial charge is 0.464 e. The quantitative estimate of drug-likeness (QED) is 0.726. The van der Waals surface area contributed by atoms with E-state index in [1.807, 2.05) is 6.07 Å². The Morgan fingerprint density at radius 3 is 2.46 bits per heavy atom. The third-order valence-corrected chi connectivity index (χ3v) is 4.74. The summed E-state index contributed by atoms with van der Waals surface area (Å²) in [5.74, 6) is 0.778. The van der Waals surface area contributed by atoms with Gasteiger partial charge in [0.1, 0.15) is 11.3 Å². The van der Waals surface area contributed by atoms with Crippen LogP contribution in [-0.4, -0.2) is 21.7 Å². The van der Waals surface area contributed by atoms with Crippen molar-refractivity contribution in [1.29, 1.82) is 0 Å². The molecule has 24 heavy (non-hydrogen) atoms. The summed E-state index contributed by atoms with van der Waals surface area (Å²) in [5, 5.41) is 0.314. The van der Waals surface area contributed by atoms with E-state index in [-0.39, 0.29) is 22.4 Å². The Balaban J connectivity index is 2.23. The molecule has 0 saturated heterocycles. The predicted octanol–water partition coefficient (Wildman–Crippen LogP) is 2.98. The van der Waals surface area contributed by atoms with Crippen molar-refractivity contribution < 1.29 is 17.6 Å². The van der Waals surface area contributed by atoms with Crippen molar-refractivity contribution in [1.82, 2.24) is 0 Å².